The van der Waals surface area contributed by atoms with Crippen molar-refractivity contribution in [1.82, 2.24) is 0 Å². The van der Waals surface area contributed by atoms with Crippen molar-refractivity contribution in [2.75, 3.05) is 0 Å². The molecule has 0 N–H and O–H groups in total. The van der Waals surface area contributed by atoms with Gasteiger partial charge in [-0.2, -0.15) is 0 Å². The number of carbonyl (C=O) groups excluding carboxylic acids is 2. The molecule has 2 unspecified atom stereocenters. The van der Waals surface area contributed by atoms with Crippen molar-refractivity contribution < 1.29 is 9.59 Å². The molecule has 0 heterocycles. The molecule has 13 heavy (non-hydrogen) atoms. The van der Waals surface area contributed by atoms with Crippen LogP contribution in [0.4, 0.5) is 0 Å². The van der Waals surface area contributed by atoms with Crippen LogP contribution in [0.2, 0.25) is 0 Å². The molecule has 0 bridgehead atoms. The first-order chi connectivity index (χ1) is 5.98. The van der Waals surface area contributed by atoms with E-state index in [2.05, 4.69) is 13.8 Å². The van der Waals surface area contributed by atoms with Crippen molar-refractivity contribution in [3.05, 3.63) is 0 Å². The molecule has 2 saturated carbocycles. The second kappa shape index (κ2) is 2.66. The van der Waals surface area contributed by atoms with Gasteiger partial charge in [-0.05, 0) is 17.8 Å². The Kier molecular flexibility index (Phi) is 1.83. The second-order valence-electron chi connectivity index (χ2n) is 5.32. The minimum absolute atomic E-state index is 0.0838. The minimum Gasteiger partial charge on any atom is -0.300 e. The predicted octanol–water partition coefficient (Wildman–Crippen LogP) is 1.97. The molecule has 2 heteroatoms. The lowest BCUT2D eigenvalue weighted by atomic mass is 9.68. The van der Waals surface area contributed by atoms with E-state index in [0.717, 1.165) is 6.42 Å². The van der Waals surface area contributed by atoms with Crippen molar-refractivity contribution >= 4 is 11.6 Å². The second-order valence-corrected chi connectivity index (χ2v) is 5.32. The zero-order chi connectivity index (χ0) is 9.64. The molecule has 0 saturated heterocycles. The van der Waals surface area contributed by atoms with Gasteiger partial charge in [0.15, 0.2) is 0 Å². The number of Topliss-reactive ketones (excluding diaryl/α,β-unsaturated/α-hetero) is 2. The van der Waals surface area contributed by atoms with E-state index in [9.17, 15) is 9.59 Å². The van der Waals surface area contributed by atoms with E-state index >= 15 is 0 Å². The molecular formula is C11H16O2. The van der Waals surface area contributed by atoms with Gasteiger partial charge in [0.1, 0.15) is 11.6 Å². The van der Waals surface area contributed by atoms with E-state index in [-0.39, 0.29) is 11.3 Å². The summed E-state index contributed by atoms with van der Waals surface area (Å²) in [5.41, 5.74) is 0.128. The highest BCUT2D eigenvalue weighted by molar-refractivity contribution is 5.92. The maximum absolute atomic E-state index is 11.7. The van der Waals surface area contributed by atoms with Crippen LogP contribution in [0.1, 0.15) is 39.5 Å². The Morgan fingerprint density at radius 2 is 1.92 bits per heavy atom. The third kappa shape index (κ3) is 1.54. The van der Waals surface area contributed by atoms with Gasteiger partial charge in [0.2, 0.25) is 0 Å². The Morgan fingerprint density at radius 3 is 2.62 bits per heavy atom. The molecule has 2 rings (SSSR count). The summed E-state index contributed by atoms with van der Waals surface area (Å²) in [5, 5.41) is 0. The van der Waals surface area contributed by atoms with Crippen LogP contribution in [-0.4, -0.2) is 11.6 Å². The molecule has 0 aromatic carbocycles. The Bertz CT molecular complexity index is 265. The van der Waals surface area contributed by atoms with Gasteiger partial charge in [0.05, 0.1) is 0 Å². The van der Waals surface area contributed by atoms with E-state index < -0.39 is 0 Å². The van der Waals surface area contributed by atoms with E-state index in [0.29, 0.717) is 36.7 Å². The van der Waals surface area contributed by atoms with Crippen molar-refractivity contribution in [2.45, 2.75) is 39.5 Å². The van der Waals surface area contributed by atoms with Crippen LogP contribution in [0.3, 0.4) is 0 Å². The molecule has 2 aliphatic carbocycles. The predicted molar refractivity (Wildman–Crippen MR) is 49.2 cm³/mol. The Morgan fingerprint density at radius 1 is 1.23 bits per heavy atom. The molecule has 2 atom stereocenters. The SMILES string of the molecule is CC1(C)CC(=O)C2CC(=O)CC2C1. The average molecular weight is 180 g/mol. The van der Waals surface area contributed by atoms with E-state index in [4.69, 9.17) is 0 Å². The number of hydrogen-bond donors (Lipinski definition) is 0. The van der Waals surface area contributed by atoms with Gasteiger partial charge in [-0.3, -0.25) is 9.59 Å². The molecule has 0 aromatic rings. The minimum atomic E-state index is 0.0838. The average Bonchev–Trinajstić information content (AvgIpc) is 2.27. The summed E-state index contributed by atoms with van der Waals surface area (Å²) >= 11 is 0. The standard InChI is InChI=1S/C11H16O2/c1-11(2)5-7-3-8(12)4-9(7)10(13)6-11/h7,9H,3-6H2,1-2H3. The van der Waals surface area contributed by atoms with Crippen molar-refractivity contribution in [2.24, 2.45) is 17.3 Å². The van der Waals surface area contributed by atoms with Gasteiger partial charge in [-0.1, -0.05) is 13.8 Å². The van der Waals surface area contributed by atoms with Crippen LogP contribution in [0.15, 0.2) is 0 Å². The number of hydrogen-bond acceptors (Lipinski definition) is 2. The van der Waals surface area contributed by atoms with Crippen molar-refractivity contribution in [3.63, 3.8) is 0 Å². The molecular weight excluding hydrogens is 164 g/mol. The van der Waals surface area contributed by atoms with Gasteiger partial charge in [0.25, 0.3) is 0 Å². The van der Waals surface area contributed by atoms with Crippen molar-refractivity contribution in [3.8, 4) is 0 Å². The van der Waals surface area contributed by atoms with Gasteiger partial charge < -0.3 is 0 Å². The highest BCUT2D eigenvalue weighted by Gasteiger charge is 2.45. The van der Waals surface area contributed by atoms with Crippen LogP contribution < -0.4 is 0 Å². The van der Waals surface area contributed by atoms with Crippen LogP contribution >= 0.6 is 0 Å². The fourth-order valence-electron chi connectivity index (χ4n) is 2.91. The van der Waals surface area contributed by atoms with E-state index in [1.54, 1.807) is 0 Å². The maximum atomic E-state index is 11.7. The molecule has 2 nitrogen and oxygen atoms in total. The topological polar surface area (TPSA) is 34.1 Å². The zero-order valence-electron chi connectivity index (χ0n) is 8.30. The normalized spacial score (nSPS) is 37.7. The zero-order valence-corrected chi connectivity index (χ0v) is 8.30. The lowest BCUT2D eigenvalue weighted by molar-refractivity contribution is -0.130. The smallest absolute Gasteiger partial charge is 0.137 e. The van der Waals surface area contributed by atoms with E-state index in [1.807, 2.05) is 0 Å². The maximum Gasteiger partial charge on any atom is 0.137 e. The van der Waals surface area contributed by atoms with Gasteiger partial charge in [0, 0.05) is 25.2 Å². The summed E-state index contributed by atoms with van der Waals surface area (Å²) in [6, 6.07) is 0. The number of carbonyl (C=O) groups is 2. The lowest BCUT2D eigenvalue weighted by Crippen LogP contribution is -2.34. The first kappa shape index (κ1) is 8.92. The van der Waals surface area contributed by atoms with Crippen LogP contribution in [0.5, 0.6) is 0 Å². The van der Waals surface area contributed by atoms with Gasteiger partial charge >= 0.3 is 0 Å². The van der Waals surface area contributed by atoms with E-state index in [1.165, 1.54) is 0 Å². The van der Waals surface area contributed by atoms with Crippen LogP contribution in [0, 0.1) is 17.3 Å². The van der Waals surface area contributed by atoms with Crippen LogP contribution in [-0.2, 0) is 9.59 Å². The third-order valence-corrected chi connectivity index (χ3v) is 3.39. The lowest BCUT2D eigenvalue weighted by Gasteiger charge is -2.35. The number of ketones is 2. The summed E-state index contributed by atoms with van der Waals surface area (Å²) in [7, 11) is 0. The summed E-state index contributed by atoms with van der Waals surface area (Å²) in [6.45, 7) is 4.26. The molecule has 0 aromatic heterocycles. The molecule has 72 valence electrons. The Hall–Kier alpha value is -0.660. The number of rotatable bonds is 0. The quantitative estimate of drug-likeness (QED) is 0.571. The monoisotopic (exact) mass is 180 g/mol. The molecule has 0 spiro atoms. The molecule has 0 amide bonds. The fraction of sp³-hybridized carbons (Fsp3) is 0.818. The van der Waals surface area contributed by atoms with Gasteiger partial charge in [-0.25, -0.2) is 0 Å². The first-order valence-corrected chi connectivity index (χ1v) is 5.02. The largest absolute Gasteiger partial charge is 0.300 e. The first-order valence-electron chi connectivity index (χ1n) is 5.02. The summed E-state index contributed by atoms with van der Waals surface area (Å²) < 4.78 is 0. The fourth-order valence-corrected chi connectivity index (χ4v) is 2.91. The molecule has 2 fully saturated rings. The Balaban J connectivity index is 2.20. The Labute approximate surface area is 78.7 Å². The molecule has 0 radical (unpaired) electrons. The van der Waals surface area contributed by atoms with Crippen molar-refractivity contribution in [1.29, 1.82) is 0 Å². The number of fused-ring (bicyclic) bond motifs is 1. The summed E-state index contributed by atoms with van der Waals surface area (Å²) in [6.07, 6.45) is 2.90. The third-order valence-electron chi connectivity index (χ3n) is 3.39. The molecule has 0 aliphatic heterocycles. The highest BCUT2D eigenvalue weighted by atomic mass is 16.1. The molecule has 2 aliphatic rings. The summed E-state index contributed by atoms with van der Waals surface area (Å²) in [4.78, 5) is 22.9. The van der Waals surface area contributed by atoms with Crippen LogP contribution in [0.25, 0.3) is 0 Å². The highest BCUT2D eigenvalue weighted by Crippen LogP contribution is 2.46. The van der Waals surface area contributed by atoms with Gasteiger partial charge in [-0.15, -0.1) is 0 Å². The summed E-state index contributed by atoms with van der Waals surface area (Å²) in [5.74, 6) is 1.07.